The zero-order chi connectivity index (χ0) is 17.3. The molecule has 0 radical (unpaired) electrons. The quantitative estimate of drug-likeness (QED) is 0.503. The van der Waals surface area contributed by atoms with Crippen molar-refractivity contribution in [1.82, 2.24) is 4.98 Å². The van der Waals surface area contributed by atoms with Crippen molar-refractivity contribution >= 4 is 23.1 Å². The third-order valence-corrected chi connectivity index (χ3v) is 4.62. The number of nitrogen functional groups attached to an aromatic ring is 1. The first-order valence-electron chi connectivity index (χ1n) is 7.68. The highest BCUT2D eigenvalue weighted by Crippen LogP contribution is 2.40. The first-order valence-corrected chi connectivity index (χ1v) is 8.06. The van der Waals surface area contributed by atoms with Crippen LogP contribution in [0.2, 0.25) is 5.02 Å². The molecular formula is C17H15ClN4O2. The van der Waals surface area contributed by atoms with Gasteiger partial charge in [-0.1, -0.05) is 18.0 Å². The molecule has 2 N–H and O–H groups in total. The molecule has 3 rings (SSSR count). The van der Waals surface area contributed by atoms with Gasteiger partial charge in [-0.2, -0.15) is 5.26 Å². The standard InChI is InChI=1S/C17H15ClN4O2/c18-14-7-6-10(22(23)24)8-12(14)16-11-4-2-1-3-5-15(11)21-17(20)13(16)9-19/h6-8H,1-5H2,(H2,20,21). The monoisotopic (exact) mass is 342 g/mol. The van der Waals surface area contributed by atoms with E-state index in [2.05, 4.69) is 11.1 Å². The summed E-state index contributed by atoms with van der Waals surface area (Å²) in [6.45, 7) is 0. The van der Waals surface area contributed by atoms with E-state index in [1.165, 1.54) is 18.2 Å². The number of non-ortho nitro benzene ring substituents is 1. The van der Waals surface area contributed by atoms with Crippen LogP contribution in [0.1, 0.15) is 36.1 Å². The summed E-state index contributed by atoms with van der Waals surface area (Å²) in [7, 11) is 0. The van der Waals surface area contributed by atoms with Gasteiger partial charge in [-0.15, -0.1) is 0 Å². The van der Waals surface area contributed by atoms with Gasteiger partial charge in [0, 0.05) is 34.0 Å². The highest BCUT2D eigenvalue weighted by Gasteiger charge is 2.24. The number of nitriles is 1. The fourth-order valence-electron chi connectivity index (χ4n) is 3.17. The first kappa shape index (κ1) is 16.2. The molecule has 7 heteroatoms. The molecule has 0 amide bonds. The van der Waals surface area contributed by atoms with Gasteiger partial charge in [-0.3, -0.25) is 10.1 Å². The lowest BCUT2D eigenvalue weighted by Gasteiger charge is -2.16. The predicted molar refractivity (Wildman–Crippen MR) is 91.7 cm³/mol. The second kappa shape index (κ2) is 6.46. The number of pyridine rings is 1. The molecule has 0 fully saturated rings. The third-order valence-electron chi connectivity index (χ3n) is 4.29. The van der Waals surface area contributed by atoms with E-state index in [0.29, 0.717) is 16.1 Å². The van der Waals surface area contributed by atoms with Gasteiger partial charge in [0.25, 0.3) is 5.69 Å². The number of hydrogen-bond donors (Lipinski definition) is 1. The highest BCUT2D eigenvalue weighted by atomic mass is 35.5. The number of nitro groups is 1. The van der Waals surface area contributed by atoms with Crippen molar-refractivity contribution in [2.45, 2.75) is 32.1 Å². The van der Waals surface area contributed by atoms with Gasteiger partial charge < -0.3 is 5.73 Å². The largest absolute Gasteiger partial charge is 0.383 e. The van der Waals surface area contributed by atoms with Gasteiger partial charge >= 0.3 is 0 Å². The molecule has 0 spiro atoms. The highest BCUT2D eigenvalue weighted by molar-refractivity contribution is 6.33. The number of halogens is 1. The third kappa shape index (κ3) is 2.79. The van der Waals surface area contributed by atoms with Gasteiger partial charge in [0.05, 0.1) is 4.92 Å². The van der Waals surface area contributed by atoms with Gasteiger partial charge in [0.1, 0.15) is 17.5 Å². The molecule has 0 aliphatic heterocycles. The van der Waals surface area contributed by atoms with Crippen molar-refractivity contribution in [3.8, 4) is 17.2 Å². The van der Waals surface area contributed by atoms with Crippen molar-refractivity contribution in [3.05, 3.63) is 50.2 Å². The molecule has 0 saturated heterocycles. The number of nitrogens with two attached hydrogens (primary N) is 1. The lowest BCUT2D eigenvalue weighted by molar-refractivity contribution is -0.384. The van der Waals surface area contributed by atoms with Crippen molar-refractivity contribution < 1.29 is 4.92 Å². The summed E-state index contributed by atoms with van der Waals surface area (Å²) in [6, 6.07) is 6.33. The summed E-state index contributed by atoms with van der Waals surface area (Å²) >= 11 is 6.31. The molecule has 0 unspecified atom stereocenters. The van der Waals surface area contributed by atoms with Crippen LogP contribution in [0.15, 0.2) is 18.2 Å². The van der Waals surface area contributed by atoms with E-state index in [-0.39, 0.29) is 17.1 Å². The van der Waals surface area contributed by atoms with Crippen LogP contribution in [0.4, 0.5) is 11.5 Å². The number of nitro benzene ring substituents is 1. The zero-order valence-corrected chi connectivity index (χ0v) is 13.6. The predicted octanol–water partition coefficient (Wildman–Crippen LogP) is 4.03. The normalized spacial score (nSPS) is 13.7. The Morgan fingerprint density at radius 3 is 2.75 bits per heavy atom. The van der Waals surface area contributed by atoms with Crippen molar-refractivity contribution in [3.63, 3.8) is 0 Å². The molecular weight excluding hydrogens is 328 g/mol. The minimum Gasteiger partial charge on any atom is -0.383 e. The van der Waals surface area contributed by atoms with Crippen LogP contribution in [0.25, 0.3) is 11.1 Å². The average molecular weight is 343 g/mol. The summed E-state index contributed by atoms with van der Waals surface area (Å²) in [6.07, 6.45) is 4.59. The van der Waals surface area contributed by atoms with Gasteiger partial charge in [-0.05, 0) is 37.3 Å². The number of anilines is 1. The lowest BCUT2D eigenvalue weighted by atomic mass is 9.91. The maximum absolute atomic E-state index is 11.1. The van der Waals surface area contributed by atoms with E-state index >= 15 is 0 Å². The minimum absolute atomic E-state index is 0.0731. The molecule has 1 aliphatic carbocycles. The molecule has 122 valence electrons. The Balaban J connectivity index is 2.35. The lowest BCUT2D eigenvalue weighted by Crippen LogP contribution is -2.07. The molecule has 0 atom stereocenters. The van der Waals surface area contributed by atoms with Crippen LogP contribution >= 0.6 is 11.6 Å². The Labute approximate surface area is 144 Å². The van der Waals surface area contributed by atoms with Crippen molar-refractivity contribution in [2.24, 2.45) is 0 Å². The van der Waals surface area contributed by atoms with E-state index in [1.54, 1.807) is 0 Å². The molecule has 1 aromatic heterocycles. The Morgan fingerprint density at radius 2 is 2.04 bits per heavy atom. The molecule has 1 aliphatic rings. The fourth-order valence-corrected chi connectivity index (χ4v) is 3.38. The molecule has 24 heavy (non-hydrogen) atoms. The number of aryl methyl sites for hydroxylation is 1. The number of hydrogen-bond acceptors (Lipinski definition) is 5. The number of aromatic nitrogens is 1. The number of fused-ring (bicyclic) bond motifs is 1. The van der Waals surface area contributed by atoms with Crippen LogP contribution in [0, 0.1) is 21.4 Å². The van der Waals surface area contributed by atoms with E-state index in [9.17, 15) is 15.4 Å². The summed E-state index contributed by atoms with van der Waals surface area (Å²) < 4.78 is 0. The van der Waals surface area contributed by atoms with E-state index in [0.717, 1.165) is 43.4 Å². The van der Waals surface area contributed by atoms with Crippen LogP contribution in [-0.2, 0) is 12.8 Å². The van der Waals surface area contributed by atoms with Crippen LogP contribution in [0.5, 0.6) is 0 Å². The van der Waals surface area contributed by atoms with Crippen molar-refractivity contribution in [2.75, 3.05) is 5.73 Å². The molecule has 0 bridgehead atoms. The van der Waals surface area contributed by atoms with E-state index in [1.807, 2.05) is 0 Å². The van der Waals surface area contributed by atoms with E-state index in [4.69, 9.17) is 17.3 Å². The van der Waals surface area contributed by atoms with Gasteiger partial charge in [0.2, 0.25) is 0 Å². The van der Waals surface area contributed by atoms with Gasteiger partial charge in [-0.25, -0.2) is 4.98 Å². The number of benzene rings is 1. The van der Waals surface area contributed by atoms with Crippen molar-refractivity contribution in [1.29, 1.82) is 5.26 Å². The second-order valence-electron chi connectivity index (χ2n) is 5.77. The fraction of sp³-hybridized carbons (Fsp3) is 0.294. The Morgan fingerprint density at radius 1 is 1.29 bits per heavy atom. The van der Waals surface area contributed by atoms with E-state index < -0.39 is 4.92 Å². The van der Waals surface area contributed by atoms with Gasteiger partial charge in [0.15, 0.2) is 0 Å². The molecule has 1 aromatic carbocycles. The average Bonchev–Trinajstić information content (AvgIpc) is 2.79. The smallest absolute Gasteiger partial charge is 0.270 e. The second-order valence-corrected chi connectivity index (χ2v) is 6.17. The maximum Gasteiger partial charge on any atom is 0.270 e. The summed E-state index contributed by atoms with van der Waals surface area (Å²) in [5.41, 5.74) is 9.00. The first-order chi connectivity index (χ1) is 11.5. The molecule has 0 saturated carbocycles. The topological polar surface area (TPSA) is 106 Å². The summed E-state index contributed by atoms with van der Waals surface area (Å²) in [5.74, 6) is 0.149. The molecule has 6 nitrogen and oxygen atoms in total. The van der Waals surface area contributed by atoms with Crippen LogP contribution in [-0.4, -0.2) is 9.91 Å². The summed E-state index contributed by atoms with van der Waals surface area (Å²) in [4.78, 5) is 15.0. The molecule has 1 heterocycles. The zero-order valence-electron chi connectivity index (χ0n) is 12.9. The Bertz CT molecular complexity index is 874. The number of nitrogens with zero attached hydrogens (tertiary/aromatic N) is 3. The molecule has 2 aromatic rings. The SMILES string of the molecule is N#Cc1c(N)nc2c(c1-c1cc([N+](=O)[O-])ccc1Cl)CCCCC2. The summed E-state index contributed by atoms with van der Waals surface area (Å²) in [5, 5.41) is 21.0. The van der Waals surface area contributed by atoms with Crippen LogP contribution < -0.4 is 5.73 Å². The Hall–Kier alpha value is -2.65. The Kier molecular flexibility index (Phi) is 4.36. The number of rotatable bonds is 2. The maximum atomic E-state index is 11.1. The van der Waals surface area contributed by atoms with Crippen LogP contribution in [0.3, 0.4) is 0 Å². The minimum atomic E-state index is -0.477.